The third-order valence-electron chi connectivity index (χ3n) is 3.63. The Morgan fingerprint density at radius 3 is 2.67 bits per heavy atom. The molecule has 4 heteroatoms. The molecule has 4 nitrogen and oxygen atoms in total. The predicted octanol–water partition coefficient (Wildman–Crippen LogP) is 1.79. The van der Waals surface area contributed by atoms with Gasteiger partial charge in [0.15, 0.2) is 0 Å². The SMILES string of the molecule is CCCCC(C)NC1CCN(C(=O)COC)CC1. The minimum absolute atomic E-state index is 0.120. The van der Waals surface area contributed by atoms with E-state index in [0.29, 0.717) is 12.1 Å². The summed E-state index contributed by atoms with van der Waals surface area (Å²) >= 11 is 0. The van der Waals surface area contributed by atoms with Gasteiger partial charge in [-0.3, -0.25) is 4.79 Å². The predicted molar refractivity (Wildman–Crippen MR) is 73.6 cm³/mol. The highest BCUT2D eigenvalue weighted by molar-refractivity contribution is 5.77. The molecule has 0 aromatic carbocycles. The van der Waals surface area contributed by atoms with Gasteiger partial charge in [0.2, 0.25) is 5.91 Å². The summed E-state index contributed by atoms with van der Waals surface area (Å²) in [5.41, 5.74) is 0. The summed E-state index contributed by atoms with van der Waals surface area (Å²) in [5.74, 6) is 0.120. The first kappa shape index (κ1) is 15.4. The van der Waals surface area contributed by atoms with Crippen molar-refractivity contribution in [3.8, 4) is 0 Å². The summed E-state index contributed by atoms with van der Waals surface area (Å²) in [6, 6.07) is 1.17. The van der Waals surface area contributed by atoms with E-state index in [1.807, 2.05) is 4.90 Å². The lowest BCUT2D eigenvalue weighted by atomic mass is 10.0. The second-order valence-corrected chi connectivity index (χ2v) is 5.30. The molecule has 1 aliphatic heterocycles. The topological polar surface area (TPSA) is 41.6 Å². The number of piperidine rings is 1. The number of unbranched alkanes of at least 4 members (excludes halogenated alkanes) is 1. The van der Waals surface area contributed by atoms with Gasteiger partial charge in [0.05, 0.1) is 0 Å². The Kier molecular flexibility index (Phi) is 7.28. The van der Waals surface area contributed by atoms with Crippen molar-refractivity contribution in [2.24, 2.45) is 0 Å². The van der Waals surface area contributed by atoms with Crippen molar-refractivity contribution in [3.05, 3.63) is 0 Å². The molecule has 0 aliphatic carbocycles. The number of carbonyl (C=O) groups excluding carboxylic acids is 1. The number of amides is 1. The monoisotopic (exact) mass is 256 g/mol. The molecule has 0 aromatic rings. The van der Waals surface area contributed by atoms with Crippen LogP contribution in [-0.4, -0.2) is 49.7 Å². The average molecular weight is 256 g/mol. The van der Waals surface area contributed by atoms with Gasteiger partial charge in [0, 0.05) is 32.3 Å². The number of nitrogens with zero attached hydrogens (tertiary/aromatic N) is 1. The highest BCUT2D eigenvalue weighted by atomic mass is 16.5. The van der Waals surface area contributed by atoms with Crippen molar-refractivity contribution < 1.29 is 9.53 Å². The average Bonchev–Trinajstić information content (AvgIpc) is 2.37. The van der Waals surface area contributed by atoms with E-state index >= 15 is 0 Å². The number of hydrogen-bond donors (Lipinski definition) is 1. The molecule has 1 unspecified atom stereocenters. The molecule has 18 heavy (non-hydrogen) atoms. The maximum Gasteiger partial charge on any atom is 0.248 e. The zero-order valence-corrected chi connectivity index (χ0v) is 12.1. The van der Waals surface area contributed by atoms with E-state index in [4.69, 9.17) is 4.74 Å². The van der Waals surface area contributed by atoms with Gasteiger partial charge in [-0.2, -0.15) is 0 Å². The lowest BCUT2D eigenvalue weighted by Gasteiger charge is -2.34. The van der Waals surface area contributed by atoms with Crippen LogP contribution >= 0.6 is 0 Å². The fourth-order valence-electron chi connectivity index (χ4n) is 2.51. The number of nitrogens with one attached hydrogen (secondary N) is 1. The van der Waals surface area contributed by atoms with Crippen LogP contribution in [0.4, 0.5) is 0 Å². The summed E-state index contributed by atoms with van der Waals surface area (Å²) in [6.45, 7) is 6.43. The van der Waals surface area contributed by atoms with Gasteiger partial charge < -0.3 is 15.0 Å². The molecule has 0 spiro atoms. The first-order valence-corrected chi connectivity index (χ1v) is 7.20. The molecule has 1 atom stereocenters. The molecule has 1 saturated heterocycles. The van der Waals surface area contributed by atoms with Crippen LogP contribution < -0.4 is 5.32 Å². The first-order chi connectivity index (χ1) is 8.67. The molecule has 1 N–H and O–H groups in total. The van der Waals surface area contributed by atoms with Gasteiger partial charge in [-0.25, -0.2) is 0 Å². The second kappa shape index (κ2) is 8.48. The van der Waals surface area contributed by atoms with E-state index in [1.165, 1.54) is 19.3 Å². The molecule has 0 bridgehead atoms. The van der Waals surface area contributed by atoms with Crippen LogP contribution in [0.5, 0.6) is 0 Å². The second-order valence-electron chi connectivity index (χ2n) is 5.30. The number of rotatable bonds is 7. The first-order valence-electron chi connectivity index (χ1n) is 7.20. The molecule has 1 rings (SSSR count). The fourth-order valence-corrected chi connectivity index (χ4v) is 2.51. The molecule has 0 radical (unpaired) electrons. The molecular weight excluding hydrogens is 228 g/mol. The largest absolute Gasteiger partial charge is 0.375 e. The van der Waals surface area contributed by atoms with Crippen LogP contribution in [0.2, 0.25) is 0 Å². The highest BCUT2D eigenvalue weighted by Crippen LogP contribution is 2.12. The molecule has 1 fully saturated rings. The number of ether oxygens (including phenoxy) is 1. The fraction of sp³-hybridized carbons (Fsp3) is 0.929. The van der Waals surface area contributed by atoms with E-state index in [-0.39, 0.29) is 12.5 Å². The van der Waals surface area contributed by atoms with Crippen LogP contribution in [0.15, 0.2) is 0 Å². The molecule has 1 amide bonds. The standard InChI is InChI=1S/C14H28N2O2/c1-4-5-6-12(2)15-13-7-9-16(10-8-13)14(17)11-18-3/h12-13,15H,4-11H2,1-3H3. The van der Waals surface area contributed by atoms with Crippen molar-refractivity contribution in [2.75, 3.05) is 26.8 Å². The molecular formula is C14H28N2O2. The molecule has 0 saturated carbocycles. The van der Waals surface area contributed by atoms with Crippen LogP contribution in [0.3, 0.4) is 0 Å². The van der Waals surface area contributed by atoms with Crippen molar-refractivity contribution in [2.45, 2.75) is 58.0 Å². The zero-order valence-electron chi connectivity index (χ0n) is 12.1. The molecule has 106 valence electrons. The number of hydrogen-bond acceptors (Lipinski definition) is 3. The van der Waals surface area contributed by atoms with Gasteiger partial charge >= 0.3 is 0 Å². The molecule has 1 aliphatic rings. The van der Waals surface area contributed by atoms with E-state index in [0.717, 1.165) is 25.9 Å². The van der Waals surface area contributed by atoms with Crippen molar-refractivity contribution in [3.63, 3.8) is 0 Å². The van der Waals surface area contributed by atoms with E-state index in [2.05, 4.69) is 19.2 Å². The maximum absolute atomic E-state index is 11.6. The van der Waals surface area contributed by atoms with Gasteiger partial charge in [-0.15, -0.1) is 0 Å². The smallest absolute Gasteiger partial charge is 0.248 e. The summed E-state index contributed by atoms with van der Waals surface area (Å²) in [4.78, 5) is 13.6. The van der Waals surface area contributed by atoms with Crippen LogP contribution in [0, 0.1) is 0 Å². The minimum atomic E-state index is 0.120. The summed E-state index contributed by atoms with van der Waals surface area (Å²) < 4.78 is 4.89. The Bertz CT molecular complexity index is 238. The molecule has 0 aromatic heterocycles. The summed E-state index contributed by atoms with van der Waals surface area (Å²) in [7, 11) is 1.57. The van der Waals surface area contributed by atoms with E-state index < -0.39 is 0 Å². The van der Waals surface area contributed by atoms with E-state index in [1.54, 1.807) is 7.11 Å². The van der Waals surface area contributed by atoms with Crippen molar-refractivity contribution in [1.29, 1.82) is 0 Å². The van der Waals surface area contributed by atoms with Crippen molar-refractivity contribution in [1.82, 2.24) is 10.2 Å². The quantitative estimate of drug-likeness (QED) is 0.755. The van der Waals surface area contributed by atoms with Crippen LogP contribution in [0.25, 0.3) is 0 Å². The number of likely N-dealkylation sites (tertiary alicyclic amines) is 1. The van der Waals surface area contributed by atoms with Gasteiger partial charge in [-0.05, 0) is 26.2 Å². The highest BCUT2D eigenvalue weighted by Gasteiger charge is 2.23. The van der Waals surface area contributed by atoms with Gasteiger partial charge in [0.1, 0.15) is 6.61 Å². The summed E-state index contributed by atoms with van der Waals surface area (Å²) in [5, 5.41) is 3.68. The zero-order chi connectivity index (χ0) is 13.4. The Morgan fingerprint density at radius 1 is 1.44 bits per heavy atom. The lowest BCUT2D eigenvalue weighted by molar-refractivity contribution is -0.136. The lowest BCUT2D eigenvalue weighted by Crippen LogP contribution is -2.47. The Labute approximate surface area is 111 Å². The van der Waals surface area contributed by atoms with Gasteiger partial charge in [-0.1, -0.05) is 19.8 Å². The normalized spacial score (nSPS) is 18.9. The summed E-state index contributed by atoms with van der Waals surface area (Å²) in [6.07, 6.45) is 5.92. The van der Waals surface area contributed by atoms with Crippen LogP contribution in [0.1, 0.15) is 46.0 Å². The maximum atomic E-state index is 11.6. The Hall–Kier alpha value is -0.610. The Morgan fingerprint density at radius 2 is 2.11 bits per heavy atom. The van der Waals surface area contributed by atoms with E-state index in [9.17, 15) is 4.79 Å². The van der Waals surface area contributed by atoms with Crippen molar-refractivity contribution >= 4 is 5.91 Å². The molecule has 1 heterocycles. The Balaban J connectivity index is 2.20. The third-order valence-corrected chi connectivity index (χ3v) is 3.63. The third kappa shape index (κ3) is 5.36. The van der Waals surface area contributed by atoms with Gasteiger partial charge in [0.25, 0.3) is 0 Å². The van der Waals surface area contributed by atoms with Crippen LogP contribution in [-0.2, 0) is 9.53 Å². The minimum Gasteiger partial charge on any atom is -0.375 e. The number of carbonyl (C=O) groups is 1. The number of methoxy groups -OCH3 is 1.